The van der Waals surface area contributed by atoms with Crippen molar-refractivity contribution in [3.8, 4) is 5.75 Å². The van der Waals surface area contributed by atoms with E-state index in [9.17, 15) is 14.7 Å². The zero-order valence-electron chi connectivity index (χ0n) is 17.9. The number of piperazine rings is 1. The number of hydrogen-bond acceptors (Lipinski definition) is 7. The van der Waals surface area contributed by atoms with Crippen molar-refractivity contribution in [1.82, 2.24) is 15.0 Å². The molecule has 2 fully saturated rings. The number of nitrogens with zero attached hydrogens (tertiary/aromatic N) is 4. The minimum Gasteiger partial charge on any atom is -0.495 e. The van der Waals surface area contributed by atoms with E-state index in [1.54, 1.807) is 25.0 Å². The number of ether oxygens (including phenoxy) is 1. The number of carbonyl (C=O) groups is 2. The summed E-state index contributed by atoms with van der Waals surface area (Å²) < 4.78 is 10.6. The highest BCUT2D eigenvalue weighted by Gasteiger charge is 2.41. The fourth-order valence-corrected chi connectivity index (χ4v) is 4.34. The molecular formula is C22H28N4O5. The molecule has 9 nitrogen and oxygen atoms in total. The topological polar surface area (TPSA) is 99.4 Å². The van der Waals surface area contributed by atoms with Crippen LogP contribution in [0, 0.1) is 6.92 Å². The van der Waals surface area contributed by atoms with Gasteiger partial charge in [0.1, 0.15) is 17.6 Å². The first-order valence-electron chi connectivity index (χ1n) is 10.5. The van der Waals surface area contributed by atoms with Crippen LogP contribution in [0.3, 0.4) is 0 Å². The number of rotatable bonds is 5. The summed E-state index contributed by atoms with van der Waals surface area (Å²) in [5.41, 5.74) is 1.71. The smallest absolute Gasteiger partial charge is 0.245 e. The Morgan fingerprint density at radius 1 is 1.23 bits per heavy atom. The third-order valence-electron chi connectivity index (χ3n) is 5.90. The van der Waals surface area contributed by atoms with Gasteiger partial charge in [0.05, 0.1) is 31.0 Å². The molecule has 2 aliphatic heterocycles. The molecule has 2 aliphatic rings. The molecule has 31 heavy (non-hydrogen) atoms. The largest absolute Gasteiger partial charge is 0.495 e. The Morgan fingerprint density at radius 3 is 2.65 bits per heavy atom. The molecule has 9 heteroatoms. The highest BCUT2D eigenvalue weighted by molar-refractivity contribution is 5.89. The molecule has 1 aromatic heterocycles. The van der Waals surface area contributed by atoms with E-state index in [0.717, 1.165) is 11.4 Å². The van der Waals surface area contributed by atoms with Crippen LogP contribution >= 0.6 is 0 Å². The van der Waals surface area contributed by atoms with Gasteiger partial charge in [0.25, 0.3) is 0 Å². The van der Waals surface area contributed by atoms with E-state index in [0.29, 0.717) is 37.6 Å². The molecule has 2 amide bonds. The molecule has 0 unspecified atom stereocenters. The summed E-state index contributed by atoms with van der Waals surface area (Å²) in [4.78, 5) is 31.5. The number of benzene rings is 1. The average Bonchev–Trinajstić information content (AvgIpc) is 3.38. The van der Waals surface area contributed by atoms with Crippen LogP contribution in [-0.2, 0) is 16.0 Å². The van der Waals surface area contributed by atoms with Crippen molar-refractivity contribution < 1.29 is 24.0 Å². The molecule has 2 saturated heterocycles. The molecule has 4 rings (SSSR count). The normalized spacial score (nSPS) is 21.5. The van der Waals surface area contributed by atoms with E-state index in [4.69, 9.17) is 9.26 Å². The molecule has 0 aliphatic carbocycles. The second-order valence-electron chi connectivity index (χ2n) is 8.05. The lowest BCUT2D eigenvalue weighted by Crippen LogP contribution is -2.54. The van der Waals surface area contributed by atoms with Gasteiger partial charge >= 0.3 is 0 Å². The van der Waals surface area contributed by atoms with E-state index >= 15 is 0 Å². The number of β-amino-alcohol motifs (C(OH)–C–C–N with tert-alkyl or cyclic N) is 1. The van der Waals surface area contributed by atoms with E-state index in [-0.39, 0.29) is 31.2 Å². The number of hydrogen-bond donors (Lipinski definition) is 1. The molecule has 1 N–H and O–H groups in total. The minimum absolute atomic E-state index is 0.0267. The lowest BCUT2D eigenvalue weighted by molar-refractivity contribution is -0.143. The van der Waals surface area contributed by atoms with Crippen LogP contribution in [0.5, 0.6) is 5.75 Å². The maximum atomic E-state index is 13.2. The molecule has 0 spiro atoms. The molecule has 1 aromatic carbocycles. The quantitative estimate of drug-likeness (QED) is 0.754. The summed E-state index contributed by atoms with van der Waals surface area (Å²) in [6.07, 6.45) is -0.421. The van der Waals surface area contributed by atoms with Crippen LogP contribution < -0.4 is 9.64 Å². The lowest BCUT2D eigenvalue weighted by atomic mass is 10.1. The number of aliphatic hydroxyl groups is 1. The van der Waals surface area contributed by atoms with Gasteiger partial charge < -0.3 is 29.1 Å². The van der Waals surface area contributed by atoms with Gasteiger partial charge in [-0.05, 0) is 19.1 Å². The molecule has 0 saturated carbocycles. The summed E-state index contributed by atoms with van der Waals surface area (Å²) >= 11 is 0. The van der Waals surface area contributed by atoms with Crippen LogP contribution in [0.1, 0.15) is 17.9 Å². The van der Waals surface area contributed by atoms with E-state index in [1.807, 2.05) is 24.3 Å². The predicted octanol–water partition coefficient (Wildman–Crippen LogP) is 0.845. The first-order valence-corrected chi connectivity index (χ1v) is 10.5. The number of aromatic nitrogens is 1. The SMILES string of the molecule is COc1ccccc1N1CCN(C(=O)[C@@H]2C[C@@H](O)CN2C(=O)Cc2cc(C)no2)CC1. The fraction of sp³-hybridized carbons (Fsp3) is 0.500. The Kier molecular flexibility index (Phi) is 6.13. The van der Waals surface area contributed by atoms with Crippen molar-refractivity contribution in [2.75, 3.05) is 44.7 Å². The zero-order chi connectivity index (χ0) is 22.0. The Hall–Kier alpha value is -3.07. The summed E-state index contributed by atoms with van der Waals surface area (Å²) in [5, 5.41) is 14.0. The van der Waals surface area contributed by atoms with Gasteiger partial charge in [-0.15, -0.1) is 0 Å². The number of para-hydroxylation sites is 2. The maximum Gasteiger partial charge on any atom is 0.245 e. The van der Waals surface area contributed by atoms with E-state index < -0.39 is 12.1 Å². The van der Waals surface area contributed by atoms with Crippen LogP contribution in [0.2, 0.25) is 0 Å². The Morgan fingerprint density at radius 2 is 1.97 bits per heavy atom. The highest BCUT2D eigenvalue weighted by Crippen LogP contribution is 2.29. The molecule has 2 atom stereocenters. The van der Waals surface area contributed by atoms with Gasteiger partial charge in [0.15, 0.2) is 0 Å². The second-order valence-corrected chi connectivity index (χ2v) is 8.05. The third kappa shape index (κ3) is 4.51. The number of likely N-dealkylation sites (tertiary alicyclic amines) is 1. The molecular weight excluding hydrogens is 400 g/mol. The van der Waals surface area contributed by atoms with Crippen molar-refractivity contribution in [2.45, 2.75) is 31.9 Å². The van der Waals surface area contributed by atoms with Crippen molar-refractivity contribution >= 4 is 17.5 Å². The van der Waals surface area contributed by atoms with Gasteiger partial charge in [0.2, 0.25) is 11.8 Å². The number of amides is 2. The monoisotopic (exact) mass is 428 g/mol. The van der Waals surface area contributed by atoms with Gasteiger partial charge in [-0.2, -0.15) is 0 Å². The highest BCUT2D eigenvalue weighted by atomic mass is 16.5. The van der Waals surface area contributed by atoms with Crippen LogP contribution in [0.15, 0.2) is 34.9 Å². The van der Waals surface area contributed by atoms with Crippen molar-refractivity contribution in [1.29, 1.82) is 0 Å². The van der Waals surface area contributed by atoms with E-state index in [2.05, 4.69) is 10.1 Å². The molecule has 3 heterocycles. The second kappa shape index (κ2) is 8.97. The Bertz CT molecular complexity index is 937. The minimum atomic E-state index is -0.704. The number of carbonyl (C=O) groups excluding carboxylic acids is 2. The number of aliphatic hydroxyl groups excluding tert-OH is 1. The van der Waals surface area contributed by atoms with E-state index in [1.165, 1.54) is 4.90 Å². The molecule has 166 valence electrons. The van der Waals surface area contributed by atoms with Crippen molar-refractivity contribution in [3.05, 3.63) is 41.8 Å². The number of aryl methyl sites for hydroxylation is 1. The molecule has 0 bridgehead atoms. The van der Waals surface area contributed by atoms with Crippen molar-refractivity contribution in [2.24, 2.45) is 0 Å². The summed E-state index contributed by atoms with van der Waals surface area (Å²) in [6.45, 7) is 4.39. The summed E-state index contributed by atoms with van der Waals surface area (Å²) in [7, 11) is 1.65. The summed E-state index contributed by atoms with van der Waals surface area (Å²) in [5.74, 6) is 0.915. The Balaban J connectivity index is 1.39. The zero-order valence-corrected chi connectivity index (χ0v) is 17.9. The fourth-order valence-electron chi connectivity index (χ4n) is 4.34. The standard InChI is InChI=1S/C22H28N4O5/c1-15-11-17(31-23-15)13-21(28)26-14-16(27)12-19(26)22(29)25-9-7-24(8-10-25)18-5-3-4-6-20(18)30-2/h3-6,11,16,19,27H,7-10,12-14H2,1-2H3/t16-,19+/m1/s1. The van der Waals surface area contributed by atoms with Gasteiger partial charge in [0, 0.05) is 45.2 Å². The average molecular weight is 428 g/mol. The van der Waals surface area contributed by atoms with Gasteiger partial charge in [-0.3, -0.25) is 9.59 Å². The van der Waals surface area contributed by atoms with Crippen LogP contribution in [-0.4, -0.2) is 83.9 Å². The van der Waals surface area contributed by atoms with Crippen molar-refractivity contribution in [3.63, 3.8) is 0 Å². The Labute approximate surface area is 181 Å². The third-order valence-corrected chi connectivity index (χ3v) is 5.90. The predicted molar refractivity (Wildman–Crippen MR) is 113 cm³/mol. The lowest BCUT2D eigenvalue weighted by Gasteiger charge is -2.38. The van der Waals surface area contributed by atoms with Crippen LogP contribution in [0.25, 0.3) is 0 Å². The first kappa shape index (κ1) is 21.2. The molecule has 2 aromatic rings. The maximum absolute atomic E-state index is 13.2. The summed E-state index contributed by atoms with van der Waals surface area (Å²) in [6, 6.07) is 8.89. The number of anilines is 1. The van der Waals surface area contributed by atoms with Gasteiger partial charge in [-0.25, -0.2) is 0 Å². The number of methoxy groups -OCH3 is 1. The van der Waals surface area contributed by atoms with Crippen LogP contribution in [0.4, 0.5) is 5.69 Å². The first-order chi connectivity index (χ1) is 15.0. The molecule has 0 radical (unpaired) electrons. The van der Waals surface area contributed by atoms with Gasteiger partial charge in [-0.1, -0.05) is 17.3 Å².